The molecule has 2 aromatic rings. The molecular formula is C20H20ClNO4. The van der Waals surface area contributed by atoms with Gasteiger partial charge in [-0.05, 0) is 41.8 Å². The molecule has 0 aliphatic heterocycles. The first-order chi connectivity index (χ1) is 12.5. The van der Waals surface area contributed by atoms with Crippen molar-refractivity contribution < 1.29 is 19.1 Å². The third kappa shape index (κ3) is 5.63. The van der Waals surface area contributed by atoms with Crippen LogP contribution >= 0.6 is 11.6 Å². The van der Waals surface area contributed by atoms with Crippen LogP contribution in [0.4, 0.5) is 0 Å². The molecule has 26 heavy (non-hydrogen) atoms. The normalized spacial score (nSPS) is 10.6. The second kappa shape index (κ2) is 9.63. The Morgan fingerprint density at radius 2 is 1.96 bits per heavy atom. The number of halogens is 1. The molecule has 0 aliphatic carbocycles. The molecule has 0 fully saturated rings. The van der Waals surface area contributed by atoms with E-state index in [1.807, 2.05) is 24.3 Å². The Labute approximate surface area is 157 Å². The molecule has 1 N–H and O–H groups in total. The zero-order valence-corrected chi connectivity index (χ0v) is 15.4. The first kappa shape index (κ1) is 19.5. The highest BCUT2D eigenvalue weighted by molar-refractivity contribution is 6.31. The minimum Gasteiger partial charge on any atom is -0.496 e. The predicted molar refractivity (Wildman–Crippen MR) is 102 cm³/mol. The van der Waals surface area contributed by atoms with Crippen LogP contribution in [-0.2, 0) is 16.0 Å². The molecule has 0 saturated heterocycles. The van der Waals surface area contributed by atoms with Gasteiger partial charge in [-0.1, -0.05) is 35.9 Å². The zero-order chi connectivity index (χ0) is 18.9. The zero-order valence-electron chi connectivity index (χ0n) is 14.6. The Bertz CT molecular complexity index is 817. The van der Waals surface area contributed by atoms with E-state index in [4.69, 9.17) is 16.3 Å². The van der Waals surface area contributed by atoms with Crippen molar-refractivity contribution in [1.82, 2.24) is 5.32 Å². The fraction of sp³-hybridized carbons (Fsp3) is 0.200. The number of ether oxygens (including phenoxy) is 2. The Kier molecular flexibility index (Phi) is 7.24. The van der Waals surface area contributed by atoms with E-state index < -0.39 is 5.97 Å². The minimum absolute atomic E-state index is 0.244. The summed E-state index contributed by atoms with van der Waals surface area (Å²) in [6.07, 6.45) is 3.70. The summed E-state index contributed by atoms with van der Waals surface area (Å²) in [6.45, 7) is 0.457. The van der Waals surface area contributed by atoms with Crippen LogP contribution in [0.3, 0.4) is 0 Å². The number of benzene rings is 2. The molecule has 5 nitrogen and oxygen atoms in total. The number of hydrogen-bond donors (Lipinski definition) is 1. The molecular weight excluding hydrogens is 354 g/mol. The monoisotopic (exact) mass is 373 g/mol. The molecule has 2 aromatic carbocycles. The molecule has 0 atom stereocenters. The lowest BCUT2D eigenvalue weighted by Gasteiger charge is -2.10. The maximum atomic E-state index is 12.3. The molecule has 6 heteroatoms. The first-order valence-electron chi connectivity index (χ1n) is 8.00. The lowest BCUT2D eigenvalue weighted by molar-refractivity contribution is -0.134. The average molecular weight is 374 g/mol. The second-order valence-corrected chi connectivity index (χ2v) is 5.89. The van der Waals surface area contributed by atoms with E-state index in [2.05, 4.69) is 10.1 Å². The van der Waals surface area contributed by atoms with E-state index in [0.29, 0.717) is 29.3 Å². The lowest BCUT2D eigenvalue weighted by Crippen LogP contribution is -2.26. The highest BCUT2D eigenvalue weighted by atomic mass is 35.5. The molecule has 0 radical (unpaired) electrons. The Hall–Kier alpha value is -2.79. The van der Waals surface area contributed by atoms with Gasteiger partial charge in [0.05, 0.1) is 19.8 Å². The number of carbonyl (C=O) groups excluding carboxylic acids is 2. The summed E-state index contributed by atoms with van der Waals surface area (Å²) < 4.78 is 9.76. The maximum absolute atomic E-state index is 12.3. The molecule has 1 amide bonds. The standard InChI is InChI=1S/C20H20ClNO4/c1-25-18-8-7-16(21)13-17(18)20(24)22-11-10-15-5-3-4-14(12-15)6-9-19(23)26-2/h3-9,12-13H,10-11H2,1-2H3,(H,22,24)/b9-6+. The third-order valence-electron chi connectivity index (χ3n) is 3.67. The molecule has 0 aliphatic rings. The van der Waals surface area contributed by atoms with E-state index >= 15 is 0 Å². The first-order valence-corrected chi connectivity index (χ1v) is 8.38. The maximum Gasteiger partial charge on any atom is 0.330 e. The number of amides is 1. The number of nitrogens with one attached hydrogen (secondary N) is 1. The third-order valence-corrected chi connectivity index (χ3v) is 3.90. The van der Waals surface area contributed by atoms with Crippen LogP contribution in [0.5, 0.6) is 5.75 Å². The van der Waals surface area contributed by atoms with Gasteiger partial charge in [0.2, 0.25) is 0 Å². The van der Waals surface area contributed by atoms with Crippen molar-refractivity contribution in [1.29, 1.82) is 0 Å². The summed E-state index contributed by atoms with van der Waals surface area (Å²) in [6, 6.07) is 12.6. The van der Waals surface area contributed by atoms with Gasteiger partial charge >= 0.3 is 5.97 Å². The number of rotatable bonds is 7. The van der Waals surface area contributed by atoms with E-state index in [1.54, 1.807) is 24.3 Å². The van der Waals surface area contributed by atoms with Crippen LogP contribution in [-0.4, -0.2) is 32.6 Å². The van der Waals surface area contributed by atoms with Gasteiger partial charge in [-0.25, -0.2) is 4.79 Å². The van der Waals surface area contributed by atoms with Gasteiger partial charge < -0.3 is 14.8 Å². The Balaban J connectivity index is 1.95. The molecule has 0 saturated carbocycles. The molecule has 0 aromatic heterocycles. The molecule has 2 rings (SSSR count). The van der Waals surface area contributed by atoms with Crippen molar-refractivity contribution in [3.05, 3.63) is 70.3 Å². The SMILES string of the molecule is COC(=O)/C=C/c1cccc(CCNC(=O)c2cc(Cl)ccc2OC)c1. The minimum atomic E-state index is -0.405. The molecule has 136 valence electrons. The van der Waals surface area contributed by atoms with Gasteiger partial charge in [0.1, 0.15) is 5.75 Å². The largest absolute Gasteiger partial charge is 0.496 e. The van der Waals surface area contributed by atoms with E-state index in [9.17, 15) is 9.59 Å². The van der Waals surface area contributed by atoms with Crippen LogP contribution in [0.15, 0.2) is 48.5 Å². The average Bonchev–Trinajstić information content (AvgIpc) is 2.66. The summed E-state index contributed by atoms with van der Waals surface area (Å²) in [5.74, 6) is -0.175. The summed E-state index contributed by atoms with van der Waals surface area (Å²) in [7, 11) is 2.84. The fourth-order valence-corrected chi connectivity index (χ4v) is 2.53. The topological polar surface area (TPSA) is 64.6 Å². The quantitative estimate of drug-likeness (QED) is 0.596. The van der Waals surface area contributed by atoms with Crippen molar-refractivity contribution in [2.45, 2.75) is 6.42 Å². The summed E-state index contributed by atoms with van der Waals surface area (Å²) in [4.78, 5) is 23.5. The smallest absolute Gasteiger partial charge is 0.330 e. The van der Waals surface area contributed by atoms with E-state index in [0.717, 1.165) is 11.1 Å². The van der Waals surface area contributed by atoms with Crippen molar-refractivity contribution in [2.75, 3.05) is 20.8 Å². The lowest BCUT2D eigenvalue weighted by atomic mass is 10.1. The van der Waals surface area contributed by atoms with Gasteiger partial charge in [0, 0.05) is 17.6 Å². The number of hydrogen-bond acceptors (Lipinski definition) is 4. The molecule has 0 unspecified atom stereocenters. The van der Waals surface area contributed by atoms with Crippen LogP contribution in [0.25, 0.3) is 6.08 Å². The molecule has 0 heterocycles. The van der Waals surface area contributed by atoms with Crippen molar-refractivity contribution in [3.8, 4) is 5.75 Å². The highest BCUT2D eigenvalue weighted by Gasteiger charge is 2.12. The molecule has 0 bridgehead atoms. The Morgan fingerprint density at radius 1 is 1.15 bits per heavy atom. The van der Waals surface area contributed by atoms with Crippen LogP contribution in [0.1, 0.15) is 21.5 Å². The van der Waals surface area contributed by atoms with E-state index in [1.165, 1.54) is 20.3 Å². The van der Waals surface area contributed by atoms with Gasteiger partial charge in [-0.3, -0.25) is 4.79 Å². The Morgan fingerprint density at radius 3 is 2.69 bits per heavy atom. The summed E-state index contributed by atoms with van der Waals surface area (Å²) in [5.41, 5.74) is 2.32. The van der Waals surface area contributed by atoms with Crippen molar-refractivity contribution in [2.24, 2.45) is 0 Å². The predicted octanol–water partition coefficient (Wildman–Crippen LogP) is 3.51. The van der Waals surface area contributed by atoms with Crippen LogP contribution in [0, 0.1) is 0 Å². The summed E-state index contributed by atoms with van der Waals surface area (Å²) >= 11 is 5.95. The van der Waals surface area contributed by atoms with Crippen molar-refractivity contribution >= 4 is 29.6 Å². The van der Waals surface area contributed by atoms with Crippen LogP contribution < -0.4 is 10.1 Å². The van der Waals surface area contributed by atoms with Crippen molar-refractivity contribution in [3.63, 3.8) is 0 Å². The van der Waals surface area contributed by atoms with E-state index in [-0.39, 0.29) is 5.91 Å². The molecule has 0 spiro atoms. The number of methoxy groups -OCH3 is 2. The van der Waals surface area contributed by atoms with Crippen LogP contribution in [0.2, 0.25) is 5.02 Å². The van der Waals surface area contributed by atoms with Gasteiger partial charge in [0.25, 0.3) is 5.91 Å². The number of carbonyl (C=O) groups is 2. The summed E-state index contributed by atoms with van der Waals surface area (Å²) in [5, 5.41) is 3.33. The van der Waals surface area contributed by atoms with Gasteiger partial charge in [-0.15, -0.1) is 0 Å². The highest BCUT2D eigenvalue weighted by Crippen LogP contribution is 2.22. The van der Waals surface area contributed by atoms with Gasteiger partial charge in [0.15, 0.2) is 0 Å². The second-order valence-electron chi connectivity index (χ2n) is 5.45. The number of esters is 1. The fourth-order valence-electron chi connectivity index (χ4n) is 2.36. The van der Waals surface area contributed by atoms with Gasteiger partial charge in [-0.2, -0.15) is 0 Å².